The van der Waals surface area contributed by atoms with Gasteiger partial charge >= 0.3 is 6.03 Å². The van der Waals surface area contributed by atoms with Crippen LogP contribution in [-0.2, 0) is 7.05 Å². The number of hydrogen-bond acceptors (Lipinski definition) is 6. The highest BCUT2D eigenvalue weighted by Crippen LogP contribution is 2.29. The molecule has 32 heavy (non-hydrogen) atoms. The third-order valence-corrected chi connectivity index (χ3v) is 5.67. The number of aryl methyl sites for hydroxylation is 2. The fraction of sp³-hybridized carbons (Fsp3) is 0.238. The van der Waals surface area contributed by atoms with Gasteiger partial charge in [-0.25, -0.2) is 29.0 Å². The Kier molecular flexibility index (Phi) is 5.74. The number of carbonyl (C=O) groups excluding carboxylic acids is 1. The normalized spacial score (nSPS) is 11.2. The molecule has 3 aromatic heterocycles. The number of rotatable bonds is 5. The molecule has 0 saturated heterocycles. The van der Waals surface area contributed by atoms with Gasteiger partial charge in [-0.05, 0) is 36.6 Å². The van der Waals surface area contributed by atoms with E-state index in [4.69, 9.17) is 0 Å². The van der Waals surface area contributed by atoms with Gasteiger partial charge in [0, 0.05) is 29.4 Å². The monoisotopic (exact) mass is 457 g/mol. The first kappa shape index (κ1) is 21.6. The minimum Gasteiger partial charge on any atom is -0.290 e. The molecule has 8 nitrogen and oxygen atoms in total. The Bertz CT molecular complexity index is 1290. The molecule has 0 unspecified atom stereocenters. The third-order valence-electron chi connectivity index (χ3n) is 4.78. The second-order valence-electron chi connectivity index (χ2n) is 7.56. The second kappa shape index (κ2) is 8.50. The maximum atomic E-state index is 13.4. The summed E-state index contributed by atoms with van der Waals surface area (Å²) in [7, 11) is 1.82. The van der Waals surface area contributed by atoms with Crippen molar-refractivity contribution in [2.75, 3.05) is 10.7 Å². The van der Waals surface area contributed by atoms with Crippen LogP contribution >= 0.6 is 11.3 Å². The molecule has 166 valence electrons. The molecule has 1 aromatic carbocycles. The summed E-state index contributed by atoms with van der Waals surface area (Å²) < 4.78 is 28.6. The van der Waals surface area contributed by atoms with E-state index in [0.717, 1.165) is 34.0 Å². The van der Waals surface area contributed by atoms with Crippen molar-refractivity contribution in [3.8, 4) is 10.6 Å². The van der Waals surface area contributed by atoms with Crippen LogP contribution in [0.5, 0.6) is 0 Å². The van der Waals surface area contributed by atoms with Gasteiger partial charge in [0.15, 0.2) is 5.65 Å². The fourth-order valence-corrected chi connectivity index (χ4v) is 4.15. The molecule has 0 aliphatic heterocycles. The Balaban J connectivity index is 1.46. The quantitative estimate of drug-likeness (QED) is 0.369. The van der Waals surface area contributed by atoms with Gasteiger partial charge in [-0.15, -0.1) is 11.3 Å². The van der Waals surface area contributed by atoms with Gasteiger partial charge in [0.05, 0.1) is 5.69 Å². The molecule has 2 amide bonds. The molecule has 0 fully saturated rings. The number of anilines is 2. The average molecular weight is 458 g/mol. The van der Waals surface area contributed by atoms with Gasteiger partial charge in [-0.1, -0.05) is 13.8 Å². The van der Waals surface area contributed by atoms with Crippen LogP contribution in [0.25, 0.3) is 21.6 Å². The molecule has 0 bridgehead atoms. The number of pyridine rings is 1. The predicted molar refractivity (Wildman–Crippen MR) is 121 cm³/mol. The van der Waals surface area contributed by atoms with E-state index in [1.807, 2.05) is 20.0 Å². The maximum absolute atomic E-state index is 13.4. The van der Waals surface area contributed by atoms with Gasteiger partial charge in [0.1, 0.15) is 28.3 Å². The van der Waals surface area contributed by atoms with Crippen molar-refractivity contribution >= 4 is 40.0 Å². The highest BCUT2D eigenvalue weighted by atomic mass is 32.1. The number of hydrogen-bond donors (Lipinski definition) is 3. The summed E-state index contributed by atoms with van der Waals surface area (Å²) in [6.07, 6.45) is 0. The molecule has 0 saturated carbocycles. The zero-order valence-corrected chi connectivity index (χ0v) is 18.6. The van der Waals surface area contributed by atoms with Gasteiger partial charge in [0.25, 0.3) is 0 Å². The number of amides is 2. The van der Waals surface area contributed by atoms with E-state index < -0.39 is 17.7 Å². The van der Waals surface area contributed by atoms with Gasteiger partial charge in [0.2, 0.25) is 0 Å². The lowest BCUT2D eigenvalue weighted by atomic mass is 10.00. The number of thiazole rings is 1. The Hall–Kier alpha value is -3.60. The molecular weight excluding hydrogens is 436 g/mol. The van der Waals surface area contributed by atoms with Gasteiger partial charge in [-0.2, -0.15) is 5.10 Å². The van der Waals surface area contributed by atoms with Crippen molar-refractivity contribution in [1.82, 2.24) is 25.2 Å². The predicted octanol–water partition coefficient (Wildman–Crippen LogP) is 4.95. The van der Waals surface area contributed by atoms with E-state index in [1.54, 1.807) is 10.1 Å². The van der Waals surface area contributed by atoms with Crippen LogP contribution < -0.4 is 16.2 Å². The first-order valence-electron chi connectivity index (χ1n) is 9.80. The van der Waals surface area contributed by atoms with Gasteiger partial charge < -0.3 is 0 Å². The van der Waals surface area contributed by atoms with E-state index in [9.17, 15) is 13.6 Å². The zero-order chi connectivity index (χ0) is 23.0. The number of hydrazine groups is 1. The van der Waals surface area contributed by atoms with E-state index >= 15 is 0 Å². The number of nitrogens with one attached hydrogen (secondary N) is 3. The molecule has 11 heteroatoms. The van der Waals surface area contributed by atoms with E-state index in [0.29, 0.717) is 22.0 Å². The Morgan fingerprint density at radius 2 is 1.81 bits per heavy atom. The average Bonchev–Trinajstić information content (AvgIpc) is 3.29. The smallest absolute Gasteiger partial charge is 0.290 e. The molecule has 0 spiro atoms. The Morgan fingerprint density at radius 3 is 2.50 bits per heavy atom. The summed E-state index contributed by atoms with van der Waals surface area (Å²) in [5.74, 6) is -0.434. The molecule has 0 radical (unpaired) electrons. The number of urea groups is 1. The topological polar surface area (TPSA) is 96.8 Å². The fourth-order valence-electron chi connectivity index (χ4n) is 3.41. The van der Waals surface area contributed by atoms with Crippen molar-refractivity contribution in [3.05, 3.63) is 52.5 Å². The molecule has 4 rings (SSSR count). The number of carbonyl (C=O) groups is 1. The van der Waals surface area contributed by atoms with Crippen molar-refractivity contribution in [3.63, 3.8) is 0 Å². The minimum absolute atomic E-state index is 0.235. The number of nitrogens with zero attached hydrogens (tertiary/aromatic N) is 4. The van der Waals surface area contributed by atoms with Crippen LogP contribution in [0.3, 0.4) is 0 Å². The summed E-state index contributed by atoms with van der Waals surface area (Å²) in [6, 6.07) is 4.46. The summed E-state index contributed by atoms with van der Waals surface area (Å²) in [5, 5.41) is 9.98. The van der Waals surface area contributed by atoms with Crippen molar-refractivity contribution in [1.29, 1.82) is 0 Å². The number of fused-ring (bicyclic) bond motifs is 1. The number of benzene rings is 1. The Labute approximate surface area is 186 Å². The second-order valence-corrected chi connectivity index (χ2v) is 8.42. The molecule has 3 heterocycles. The Morgan fingerprint density at radius 1 is 1.09 bits per heavy atom. The highest BCUT2D eigenvalue weighted by Gasteiger charge is 2.16. The zero-order valence-electron chi connectivity index (χ0n) is 17.8. The lowest BCUT2D eigenvalue weighted by Crippen LogP contribution is -2.34. The van der Waals surface area contributed by atoms with Crippen LogP contribution in [0, 0.1) is 18.6 Å². The molecule has 0 aliphatic rings. The molecule has 3 N–H and O–H groups in total. The van der Waals surface area contributed by atoms with Crippen LogP contribution in [-0.4, -0.2) is 25.8 Å². The van der Waals surface area contributed by atoms with Crippen molar-refractivity contribution < 1.29 is 13.6 Å². The lowest BCUT2D eigenvalue weighted by Gasteiger charge is -2.13. The van der Waals surface area contributed by atoms with Crippen molar-refractivity contribution in [2.45, 2.75) is 26.7 Å². The SMILES string of the molecule is Cc1nn(C)c2nc(NNC(=O)Nc3csc(-c4cc(F)cc(F)c4)n3)cc(C(C)C)c12. The number of aromatic nitrogens is 4. The largest absolute Gasteiger partial charge is 0.339 e. The lowest BCUT2D eigenvalue weighted by molar-refractivity contribution is 0.253. The summed E-state index contributed by atoms with van der Waals surface area (Å²) in [4.78, 5) is 21.1. The standard InChI is InChI=1S/C21H21F2N7OS/c1-10(2)15-8-16(24-19-18(15)11(3)29-30(19)4)27-28-21(31)26-17-9-32-20(25-17)12-5-13(22)7-14(23)6-12/h5-10H,1-4H3,(H,24,27)(H2,26,28,31). The molecule has 0 aliphatic carbocycles. The molecular formula is C21H21F2N7OS. The minimum atomic E-state index is -0.694. The van der Waals surface area contributed by atoms with Crippen molar-refractivity contribution in [2.24, 2.45) is 7.05 Å². The van der Waals surface area contributed by atoms with Crippen LogP contribution in [0.15, 0.2) is 29.6 Å². The van der Waals surface area contributed by atoms with Crippen LogP contribution in [0.1, 0.15) is 31.0 Å². The van der Waals surface area contributed by atoms with E-state index in [1.165, 1.54) is 12.1 Å². The highest BCUT2D eigenvalue weighted by molar-refractivity contribution is 7.13. The number of halogens is 2. The molecule has 4 aromatic rings. The summed E-state index contributed by atoms with van der Waals surface area (Å²) in [6.45, 7) is 6.10. The molecule has 0 atom stereocenters. The maximum Gasteiger partial charge on any atom is 0.339 e. The third kappa shape index (κ3) is 4.37. The summed E-state index contributed by atoms with van der Waals surface area (Å²) in [5.41, 5.74) is 8.30. The van der Waals surface area contributed by atoms with Crippen LogP contribution in [0.2, 0.25) is 0 Å². The van der Waals surface area contributed by atoms with E-state index in [-0.39, 0.29) is 11.7 Å². The summed E-state index contributed by atoms with van der Waals surface area (Å²) >= 11 is 1.16. The van der Waals surface area contributed by atoms with Gasteiger partial charge in [-0.3, -0.25) is 15.4 Å². The van der Waals surface area contributed by atoms with Crippen LogP contribution in [0.4, 0.5) is 25.2 Å². The first-order valence-corrected chi connectivity index (χ1v) is 10.7. The first-order chi connectivity index (χ1) is 15.2. The van der Waals surface area contributed by atoms with E-state index in [2.05, 4.69) is 45.1 Å².